The van der Waals surface area contributed by atoms with Crippen molar-refractivity contribution in [1.29, 1.82) is 0 Å². The van der Waals surface area contributed by atoms with E-state index in [-0.39, 0.29) is 23.2 Å². The molecule has 15 heavy (non-hydrogen) atoms. The van der Waals surface area contributed by atoms with E-state index in [4.69, 9.17) is 11.6 Å². The molecule has 0 radical (unpaired) electrons. The van der Waals surface area contributed by atoms with E-state index in [0.29, 0.717) is 0 Å². The number of nitrogens with one attached hydrogen (secondary N) is 2. The average molecular weight is 228 g/mol. The Hall–Kier alpha value is -1.62. The Balaban J connectivity index is 2.62. The van der Waals surface area contributed by atoms with Crippen LogP contribution in [-0.2, 0) is 4.79 Å². The van der Waals surface area contributed by atoms with Crippen molar-refractivity contribution in [3.05, 3.63) is 29.0 Å². The molecule has 5 nitrogen and oxygen atoms in total. The summed E-state index contributed by atoms with van der Waals surface area (Å²) in [6, 6.07) is 3.13. The summed E-state index contributed by atoms with van der Waals surface area (Å²) in [6.45, 7) is -0.0828. The number of carbonyl (C=O) groups is 2. The van der Waals surface area contributed by atoms with Crippen LogP contribution in [0.5, 0.6) is 0 Å². The van der Waals surface area contributed by atoms with Gasteiger partial charge in [-0.2, -0.15) is 0 Å². The molecule has 1 aromatic heterocycles. The van der Waals surface area contributed by atoms with Crippen molar-refractivity contribution in [2.75, 3.05) is 13.6 Å². The van der Waals surface area contributed by atoms with E-state index in [9.17, 15) is 9.59 Å². The van der Waals surface area contributed by atoms with Gasteiger partial charge in [-0.25, -0.2) is 4.98 Å². The number of amides is 2. The molecule has 0 aliphatic heterocycles. The van der Waals surface area contributed by atoms with Gasteiger partial charge in [-0.1, -0.05) is 11.6 Å². The van der Waals surface area contributed by atoms with E-state index in [1.54, 1.807) is 6.07 Å². The van der Waals surface area contributed by atoms with Gasteiger partial charge in [0.05, 0.1) is 12.1 Å². The van der Waals surface area contributed by atoms with Crippen LogP contribution in [0.3, 0.4) is 0 Å². The van der Waals surface area contributed by atoms with Crippen LogP contribution in [0.2, 0.25) is 5.15 Å². The molecule has 1 rings (SSSR count). The van der Waals surface area contributed by atoms with Crippen molar-refractivity contribution < 1.29 is 9.59 Å². The molecule has 0 saturated carbocycles. The van der Waals surface area contributed by atoms with Crippen molar-refractivity contribution >= 4 is 23.4 Å². The fourth-order valence-electron chi connectivity index (χ4n) is 0.900. The SMILES string of the molecule is CNC(=O)CNC(=O)c1cccnc1Cl. The molecule has 0 fully saturated rings. The third kappa shape index (κ3) is 3.21. The zero-order valence-electron chi connectivity index (χ0n) is 8.08. The second-order valence-corrected chi connectivity index (χ2v) is 3.06. The van der Waals surface area contributed by atoms with Crippen LogP contribution in [0, 0.1) is 0 Å². The number of rotatable bonds is 3. The van der Waals surface area contributed by atoms with Crippen LogP contribution >= 0.6 is 11.6 Å². The molecule has 0 aliphatic rings. The fourth-order valence-corrected chi connectivity index (χ4v) is 1.10. The third-order valence-corrected chi connectivity index (χ3v) is 1.99. The van der Waals surface area contributed by atoms with Gasteiger partial charge in [0.1, 0.15) is 5.15 Å². The predicted octanol–water partition coefficient (Wildman–Crippen LogP) is 0.211. The first-order valence-corrected chi connectivity index (χ1v) is 4.62. The van der Waals surface area contributed by atoms with Gasteiger partial charge in [-0.15, -0.1) is 0 Å². The number of halogens is 1. The van der Waals surface area contributed by atoms with Crippen molar-refractivity contribution in [3.8, 4) is 0 Å². The number of hydrogen-bond acceptors (Lipinski definition) is 3. The highest BCUT2D eigenvalue weighted by molar-refractivity contribution is 6.32. The normalized spacial score (nSPS) is 9.47. The number of nitrogens with zero attached hydrogens (tertiary/aromatic N) is 1. The lowest BCUT2D eigenvalue weighted by molar-refractivity contribution is -0.119. The maximum atomic E-state index is 11.5. The molecule has 0 atom stereocenters. The second kappa shape index (κ2) is 5.31. The fraction of sp³-hybridized carbons (Fsp3) is 0.222. The van der Waals surface area contributed by atoms with E-state index < -0.39 is 5.91 Å². The Kier molecular flexibility index (Phi) is 4.05. The Bertz CT molecular complexity index is 381. The number of aromatic nitrogens is 1. The van der Waals surface area contributed by atoms with Crippen LogP contribution in [0.1, 0.15) is 10.4 Å². The Labute approximate surface area is 91.8 Å². The van der Waals surface area contributed by atoms with Crippen LogP contribution in [0.4, 0.5) is 0 Å². The first-order chi connectivity index (χ1) is 7.15. The summed E-state index contributed by atoms with van der Waals surface area (Å²) < 4.78 is 0. The van der Waals surface area contributed by atoms with Gasteiger partial charge in [0.2, 0.25) is 5.91 Å². The highest BCUT2D eigenvalue weighted by atomic mass is 35.5. The standard InChI is InChI=1S/C9H10ClN3O2/c1-11-7(14)5-13-9(15)6-3-2-4-12-8(6)10/h2-4H,5H2,1H3,(H,11,14)(H,13,15). The molecule has 6 heteroatoms. The lowest BCUT2D eigenvalue weighted by Gasteiger charge is -2.04. The van der Waals surface area contributed by atoms with Gasteiger partial charge in [0.25, 0.3) is 5.91 Å². The number of hydrogen-bond donors (Lipinski definition) is 2. The zero-order valence-corrected chi connectivity index (χ0v) is 8.84. The number of likely N-dealkylation sites (N-methyl/N-ethyl adjacent to an activating group) is 1. The quantitative estimate of drug-likeness (QED) is 0.726. The molecule has 1 aromatic rings. The van der Waals surface area contributed by atoms with Crippen molar-refractivity contribution in [2.45, 2.75) is 0 Å². The molecule has 0 spiro atoms. The van der Waals surface area contributed by atoms with E-state index in [0.717, 1.165) is 0 Å². The van der Waals surface area contributed by atoms with Crippen molar-refractivity contribution in [3.63, 3.8) is 0 Å². The summed E-state index contributed by atoms with van der Waals surface area (Å²) in [5.41, 5.74) is 0.253. The molecular weight excluding hydrogens is 218 g/mol. The van der Waals surface area contributed by atoms with Gasteiger partial charge in [0, 0.05) is 13.2 Å². The molecule has 0 aliphatic carbocycles. The van der Waals surface area contributed by atoms with Gasteiger partial charge in [-0.3, -0.25) is 9.59 Å². The minimum absolute atomic E-state index is 0.0828. The van der Waals surface area contributed by atoms with E-state index in [1.165, 1.54) is 19.3 Å². The molecule has 80 valence electrons. The van der Waals surface area contributed by atoms with Crippen LogP contribution < -0.4 is 10.6 Å². The molecule has 0 bridgehead atoms. The predicted molar refractivity (Wildman–Crippen MR) is 55.6 cm³/mol. The lowest BCUT2D eigenvalue weighted by atomic mass is 10.2. The van der Waals surface area contributed by atoms with Crippen molar-refractivity contribution in [2.24, 2.45) is 0 Å². The second-order valence-electron chi connectivity index (χ2n) is 2.70. The molecule has 0 unspecified atom stereocenters. The van der Waals surface area contributed by atoms with Gasteiger partial charge < -0.3 is 10.6 Å². The number of carbonyl (C=O) groups excluding carboxylic acids is 2. The third-order valence-electron chi connectivity index (χ3n) is 1.69. The van der Waals surface area contributed by atoms with E-state index in [1.807, 2.05) is 0 Å². The zero-order chi connectivity index (χ0) is 11.3. The Morgan fingerprint density at radius 1 is 1.53 bits per heavy atom. The summed E-state index contributed by atoms with van der Waals surface area (Å²) in [4.78, 5) is 26.1. The minimum atomic E-state index is -0.420. The maximum Gasteiger partial charge on any atom is 0.254 e. The van der Waals surface area contributed by atoms with Gasteiger partial charge in [0.15, 0.2) is 0 Å². The summed E-state index contributed by atoms with van der Waals surface area (Å²) in [6.07, 6.45) is 1.48. The first kappa shape index (κ1) is 11.5. The molecule has 1 heterocycles. The molecule has 0 aromatic carbocycles. The lowest BCUT2D eigenvalue weighted by Crippen LogP contribution is -2.35. The van der Waals surface area contributed by atoms with Crippen LogP contribution in [-0.4, -0.2) is 30.4 Å². The minimum Gasteiger partial charge on any atom is -0.358 e. The summed E-state index contributed by atoms with van der Waals surface area (Å²) in [5, 5.41) is 4.92. The van der Waals surface area contributed by atoms with Crippen molar-refractivity contribution in [1.82, 2.24) is 15.6 Å². The first-order valence-electron chi connectivity index (χ1n) is 4.24. The average Bonchev–Trinajstić information content (AvgIpc) is 2.26. The molecule has 2 N–H and O–H groups in total. The summed E-state index contributed by atoms with van der Waals surface area (Å²) in [7, 11) is 1.49. The molecule has 2 amide bonds. The topological polar surface area (TPSA) is 71.1 Å². The smallest absolute Gasteiger partial charge is 0.254 e. The summed E-state index contributed by atoms with van der Waals surface area (Å²) in [5.74, 6) is -0.694. The van der Waals surface area contributed by atoms with E-state index >= 15 is 0 Å². The summed E-state index contributed by atoms with van der Waals surface area (Å²) >= 11 is 5.70. The molecular formula is C9H10ClN3O2. The van der Waals surface area contributed by atoms with Crippen LogP contribution in [0.15, 0.2) is 18.3 Å². The Morgan fingerprint density at radius 2 is 2.27 bits per heavy atom. The van der Waals surface area contributed by atoms with Gasteiger partial charge >= 0.3 is 0 Å². The highest BCUT2D eigenvalue weighted by Gasteiger charge is 2.10. The highest BCUT2D eigenvalue weighted by Crippen LogP contribution is 2.10. The Morgan fingerprint density at radius 3 is 2.87 bits per heavy atom. The van der Waals surface area contributed by atoms with Gasteiger partial charge in [-0.05, 0) is 12.1 Å². The maximum absolute atomic E-state index is 11.5. The largest absolute Gasteiger partial charge is 0.358 e. The van der Waals surface area contributed by atoms with Crippen LogP contribution in [0.25, 0.3) is 0 Å². The molecule has 0 saturated heterocycles. The number of pyridine rings is 1. The monoisotopic (exact) mass is 227 g/mol. The van der Waals surface area contributed by atoms with E-state index in [2.05, 4.69) is 15.6 Å².